The summed E-state index contributed by atoms with van der Waals surface area (Å²) in [6.07, 6.45) is 0. The van der Waals surface area contributed by atoms with Gasteiger partial charge in [-0.1, -0.05) is 34.1 Å². The number of hydrogen-bond acceptors (Lipinski definition) is 4. The van der Waals surface area contributed by atoms with Crippen molar-refractivity contribution in [2.75, 3.05) is 19.5 Å². The molecule has 0 aliphatic carbocycles. The monoisotopic (exact) mass is 461 g/mol. The first-order valence-corrected chi connectivity index (χ1v) is 9.70. The van der Waals surface area contributed by atoms with E-state index in [9.17, 15) is 4.79 Å². The van der Waals surface area contributed by atoms with Gasteiger partial charge >= 0.3 is 0 Å². The zero-order chi connectivity index (χ0) is 20.3. The van der Waals surface area contributed by atoms with Crippen molar-refractivity contribution in [1.29, 1.82) is 0 Å². The van der Waals surface area contributed by atoms with Gasteiger partial charge < -0.3 is 25.4 Å². The minimum absolute atomic E-state index is 0.239. The van der Waals surface area contributed by atoms with Crippen LogP contribution in [0.1, 0.15) is 18.5 Å². The fourth-order valence-electron chi connectivity index (χ4n) is 3.12. The predicted octanol–water partition coefficient (Wildman–Crippen LogP) is 3.90. The van der Waals surface area contributed by atoms with Gasteiger partial charge in [0.2, 0.25) is 0 Å². The second-order valence-electron chi connectivity index (χ2n) is 6.12. The van der Waals surface area contributed by atoms with Gasteiger partial charge in [0, 0.05) is 21.4 Å². The third-order valence-electron chi connectivity index (χ3n) is 4.33. The van der Waals surface area contributed by atoms with Crippen molar-refractivity contribution in [3.63, 3.8) is 0 Å². The molecule has 1 aliphatic rings. The number of nitrogens with one attached hydrogen (secondary N) is 3. The van der Waals surface area contributed by atoms with Gasteiger partial charge in [-0.3, -0.25) is 4.79 Å². The lowest BCUT2D eigenvalue weighted by atomic mass is 9.93. The van der Waals surface area contributed by atoms with Gasteiger partial charge in [0.15, 0.2) is 16.6 Å². The summed E-state index contributed by atoms with van der Waals surface area (Å²) in [4.78, 5) is 13.1. The molecule has 6 nitrogen and oxygen atoms in total. The highest BCUT2D eigenvalue weighted by atomic mass is 79.9. The minimum atomic E-state index is -0.515. The average molecular weight is 462 g/mol. The number of methoxy groups -OCH3 is 2. The number of rotatable bonds is 5. The van der Waals surface area contributed by atoms with Crippen LogP contribution in [0, 0.1) is 0 Å². The molecular weight excluding hydrogens is 442 g/mol. The molecule has 3 rings (SSSR count). The highest BCUT2D eigenvalue weighted by molar-refractivity contribution is 9.10. The predicted molar refractivity (Wildman–Crippen MR) is 117 cm³/mol. The highest BCUT2D eigenvalue weighted by Gasteiger charge is 2.33. The summed E-state index contributed by atoms with van der Waals surface area (Å²) in [5.41, 5.74) is 2.62. The normalized spacial score (nSPS) is 16.1. The van der Waals surface area contributed by atoms with E-state index < -0.39 is 6.04 Å². The molecule has 0 saturated carbocycles. The van der Waals surface area contributed by atoms with Crippen LogP contribution in [0.5, 0.6) is 11.5 Å². The van der Waals surface area contributed by atoms with Crippen LogP contribution in [0.15, 0.2) is 58.2 Å². The van der Waals surface area contributed by atoms with Crippen LogP contribution in [0.4, 0.5) is 5.69 Å². The summed E-state index contributed by atoms with van der Waals surface area (Å²) >= 11 is 8.83. The van der Waals surface area contributed by atoms with Crippen LogP contribution in [0.3, 0.4) is 0 Å². The maximum atomic E-state index is 13.1. The second-order valence-corrected chi connectivity index (χ2v) is 7.44. The molecule has 0 fully saturated rings. The topological polar surface area (TPSA) is 71.6 Å². The van der Waals surface area contributed by atoms with Gasteiger partial charge in [-0.15, -0.1) is 0 Å². The standard InChI is InChI=1S/C20H20BrN3O3S/c1-11-16(19(25)23-13-7-5-4-6-8-13)17(24-20(28)22-11)14-9-12(21)10-15(26-2)18(14)27-3/h4-10,17H,1-3H3,(H,23,25)(H2,22,24,28)/t17-/m1/s1. The Labute approximate surface area is 177 Å². The van der Waals surface area contributed by atoms with Crippen molar-refractivity contribution in [3.05, 3.63) is 63.8 Å². The van der Waals surface area contributed by atoms with Crippen LogP contribution in [0.2, 0.25) is 0 Å². The second kappa shape index (κ2) is 8.62. The summed E-state index contributed by atoms with van der Waals surface area (Å²) < 4.78 is 11.8. The van der Waals surface area contributed by atoms with Crippen molar-refractivity contribution in [2.45, 2.75) is 13.0 Å². The summed E-state index contributed by atoms with van der Waals surface area (Å²) in [5.74, 6) is 0.849. The number of anilines is 1. The molecule has 1 aliphatic heterocycles. The van der Waals surface area contributed by atoms with Gasteiger partial charge in [0.1, 0.15) is 0 Å². The fraction of sp³-hybridized carbons (Fsp3) is 0.200. The minimum Gasteiger partial charge on any atom is -0.493 e. The number of benzene rings is 2. The Bertz CT molecular complexity index is 947. The van der Waals surface area contributed by atoms with Crippen molar-refractivity contribution < 1.29 is 14.3 Å². The van der Waals surface area contributed by atoms with E-state index in [0.717, 1.165) is 10.0 Å². The lowest BCUT2D eigenvalue weighted by Gasteiger charge is -2.31. The number of hydrogen-bond donors (Lipinski definition) is 3. The Hall–Kier alpha value is -2.58. The maximum Gasteiger partial charge on any atom is 0.255 e. The first-order valence-electron chi connectivity index (χ1n) is 8.50. The molecule has 0 unspecified atom stereocenters. The Kier molecular flexibility index (Phi) is 6.21. The van der Waals surface area contributed by atoms with E-state index in [4.69, 9.17) is 21.7 Å². The van der Waals surface area contributed by atoms with Crippen molar-refractivity contribution in [1.82, 2.24) is 10.6 Å². The molecule has 0 aromatic heterocycles. The largest absolute Gasteiger partial charge is 0.493 e. The molecule has 28 heavy (non-hydrogen) atoms. The molecule has 8 heteroatoms. The Morgan fingerprint density at radius 2 is 1.89 bits per heavy atom. The maximum absolute atomic E-state index is 13.1. The van der Waals surface area contributed by atoms with Gasteiger partial charge in [-0.2, -0.15) is 0 Å². The van der Waals surface area contributed by atoms with E-state index in [1.165, 1.54) is 0 Å². The molecule has 0 saturated heterocycles. The Morgan fingerprint density at radius 1 is 1.18 bits per heavy atom. The number of allylic oxidation sites excluding steroid dienone is 1. The van der Waals surface area contributed by atoms with Crippen LogP contribution in [-0.4, -0.2) is 25.2 Å². The molecule has 0 spiro atoms. The lowest BCUT2D eigenvalue weighted by molar-refractivity contribution is -0.113. The summed E-state index contributed by atoms with van der Waals surface area (Å²) in [6, 6.07) is 12.5. The fourth-order valence-corrected chi connectivity index (χ4v) is 3.85. The number of para-hydroxylation sites is 1. The van der Waals surface area contributed by atoms with Crippen LogP contribution in [-0.2, 0) is 4.79 Å². The zero-order valence-electron chi connectivity index (χ0n) is 15.6. The summed E-state index contributed by atoms with van der Waals surface area (Å²) in [5, 5.41) is 9.57. The van der Waals surface area contributed by atoms with E-state index >= 15 is 0 Å². The molecule has 3 N–H and O–H groups in total. The summed E-state index contributed by atoms with van der Waals surface area (Å²) in [7, 11) is 3.13. The molecular formula is C20H20BrN3O3S. The van der Waals surface area contributed by atoms with Crippen molar-refractivity contribution in [2.24, 2.45) is 0 Å². The number of halogens is 1. The third kappa shape index (κ3) is 4.13. The SMILES string of the molecule is COc1cc(Br)cc([C@H]2NC(=S)NC(C)=C2C(=O)Nc2ccccc2)c1OC. The third-order valence-corrected chi connectivity index (χ3v) is 5.01. The molecule has 146 valence electrons. The lowest BCUT2D eigenvalue weighted by Crippen LogP contribution is -2.45. The highest BCUT2D eigenvalue weighted by Crippen LogP contribution is 2.41. The number of thiocarbonyl (C=S) groups is 1. The van der Waals surface area contributed by atoms with Crippen molar-refractivity contribution >= 4 is 44.9 Å². The Balaban J connectivity index is 2.08. The number of carbonyl (C=O) groups is 1. The van der Waals surface area contributed by atoms with Gasteiger partial charge in [0.25, 0.3) is 5.91 Å². The average Bonchev–Trinajstić information content (AvgIpc) is 2.67. The molecule has 0 bridgehead atoms. The van der Waals surface area contributed by atoms with E-state index in [1.54, 1.807) is 14.2 Å². The van der Waals surface area contributed by atoms with E-state index in [0.29, 0.717) is 33.6 Å². The van der Waals surface area contributed by atoms with E-state index in [2.05, 4.69) is 31.9 Å². The first kappa shape index (κ1) is 20.2. The number of ether oxygens (including phenoxy) is 2. The smallest absolute Gasteiger partial charge is 0.255 e. The molecule has 1 atom stereocenters. The van der Waals surface area contributed by atoms with Gasteiger partial charge in [-0.25, -0.2) is 0 Å². The molecule has 1 amide bonds. The van der Waals surface area contributed by atoms with E-state index in [1.807, 2.05) is 49.4 Å². The molecule has 2 aromatic carbocycles. The van der Waals surface area contributed by atoms with Crippen LogP contribution in [0.25, 0.3) is 0 Å². The van der Waals surface area contributed by atoms with Gasteiger partial charge in [-0.05, 0) is 43.4 Å². The first-order chi connectivity index (χ1) is 13.4. The Morgan fingerprint density at radius 3 is 2.54 bits per heavy atom. The van der Waals surface area contributed by atoms with E-state index in [-0.39, 0.29) is 5.91 Å². The quantitative estimate of drug-likeness (QED) is 0.586. The zero-order valence-corrected chi connectivity index (χ0v) is 18.0. The van der Waals surface area contributed by atoms with Crippen LogP contribution < -0.4 is 25.4 Å². The van der Waals surface area contributed by atoms with Crippen molar-refractivity contribution in [3.8, 4) is 11.5 Å². The molecule has 1 heterocycles. The molecule has 2 aromatic rings. The molecule has 0 radical (unpaired) electrons. The van der Waals surface area contributed by atoms with Gasteiger partial charge in [0.05, 0.1) is 25.8 Å². The number of carbonyl (C=O) groups excluding carboxylic acids is 1. The number of amides is 1. The van der Waals surface area contributed by atoms with Crippen LogP contribution >= 0.6 is 28.1 Å². The summed E-state index contributed by atoms with van der Waals surface area (Å²) in [6.45, 7) is 1.82.